The van der Waals surface area contributed by atoms with Gasteiger partial charge in [-0.1, -0.05) is 13.8 Å². The van der Waals surface area contributed by atoms with Crippen LogP contribution in [0.1, 0.15) is 65.2 Å². The van der Waals surface area contributed by atoms with Gasteiger partial charge in [-0.15, -0.1) is 0 Å². The van der Waals surface area contributed by atoms with Gasteiger partial charge in [0.05, 0.1) is 18.3 Å². The number of rotatable bonds is 0. The van der Waals surface area contributed by atoms with Gasteiger partial charge < -0.3 is 15.3 Å². The van der Waals surface area contributed by atoms with Crippen LogP contribution in [0.15, 0.2) is 0 Å². The first-order valence-electron chi connectivity index (χ1n) is 9.38. The standard InChI is InChI=1S/C19H32O3/c1-18-9-13(21)8-15(18)14-4-3-11-7-12(20)5-6-19(11,2)17(14)16(22)10-18/h11-17,20-22H,3-10H2,1-2H3/t11-,12-,13-,14-,15-,16-,17+,18-,19-/m0/s1. The predicted molar refractivity (Wildman–Crippen MR) is 85.1 cm³/mol. The lowest BCUT2D eigenvalue weighted by Crippen LogP contribution is -2.58. The topological polar surface area (TPSA) is 60.7 Å². The fourth-order valence-corrected chi connectivity index (χ4v) is 7.40. The molecule has 0 unspecified atom stereocenters. The highest BCUT2D eigenvalue weighted by Crippen LogP contribution is 2.66. The largest absolute Gasteiger partial charge is 0.393 e. The summed E-state index contributed by atoms with van der Waals surface area (Å²) in [6.07, 6.45) is 7.41. The summed E-state index contributed by atoms with van der Waals surface area (Å²) in [7, 11) is 0. The van der Waals surface area contributed by atoms with E-state index in [1.165, 1.54) is 12.8 Å². The van der Waals surface area contributed by atoms with Crippen LogP contribution in [0.3, 0.4) is 0 Å². The Bertz CT molecular complexity index is 452. The van der Waals surface area contributed by atoms with Crippen LogP contribution in [0.4, 0.5) is 0 Å². The Balaban J connectivity index is 1.67. The van der Waals surface area contributed by atoms with E-state index in [1.54, 1.807) is 0 Å². The first kappa shape index (κ1) is 15.4. The molecule has 0 aromatic heterocycles. The monoisotopic (exact) mass is 308 g/mol. The molecule has 4 saturated carbocycles. The predicted octanol–water partition coefficient (Wildman–Crippen LogP) is 2.72. The molecular formula is C19H32O3. The van der Waals surface area contributed by atoms with Crippen molar-refractivity contribution in [3.05, 3.63) is 0 Å². The van der Waals surface area contributed by atoms with E-state index in [2.05, 4.69) is 13.8 Å². The Morgan fingerprint density at radius 1 is 0.864 bits per heavy atom. The van der Waals surface area contributed by atoms with Crippen LogP contribution in [0.2, 0.25) is 0 Å². The van der Waals surface area contributed by atoms with E-state index < -0.39 is 0 Å². The molecule has 4 fully saturated rings. The molecule has 126 valence electrons. The summed E-state index contributed by atoms with van der Waals surface area (Å²) in [6.45, 7) is 4.68. The second kappa shape index (κ2) is 4.94. The van der Waals surface area contributed by atoms with Crippen molar-refractivity contribution in [3.8, 4) is 0 Å². The number of hydrogen-bond donors (Lipinski definition) is 3. The fraction of sp³-hybridized carbons (Fsp3) is 1.00. The molecule has 4 rings (SSSR count). The minimum absolute atomic E-state index is 0.131. The van der Waals surface area contributed by atoms with Crippen molar-refractivity contribution < 1.29 is 15.3 Å². The van der Waals surface area contributed by atoms with Crippen LogP contribution in [-0.4, -0.2) is 33.6 Å². The quantitative estimate of drug-likeness (QED) is 0.645. The zero-order valence-electron chi connectivity index (χ0n) is 14.0. The lowest BCUT2D eigenvalue weighted by molar-refractivity contribution is -0.171. The molecular weight excluding hydrogens is 276 g/mol. The molecule has 3 N–H and O–H groups in total. The third-order valence-corrected chi connectivity index (χ3v) is 8.31. The molecule has 0 amide bonds. The molecule has 0 spiro atoms. The molecule has 3 heteroatoms. The third-order valence-electron chi connectivity index (χ3n) is 8.31. The molecule has 3 nitrogen and oxygen atoms in total. The van der Waals surface area contributed by atoms with Crippen molar-refractivity contribution in [2.75, 3.05) is 0 Å². The van der Waals surface area contributed by atoms with Gasteiger partial charge >= 0.3 is 0 Å². The van der Waals surface area contributed by atoms with Crippen LogP contribution in [0.5, 0.6) is 0 Å². The van der Waals surface area contributed by atoms with Crippen LogP contribution < -0.4 is 0 Å². The number of fused-ring (bicyclic) bond motifs is 5. The van der Waals surface area contributed by atoms with E-state index >= 15 is 0 Å². The molecule has 0 heterocycles. The number of aliphatic hydroxyl groups is 3. The van der Waals surface area contributed by atoms with Gasteiger partial charge in [-0.3, -0.25) is 0 Å². The van der Waals surface area contributed by atoms with Crippen molar-refractivity contribution in [1.82, 2.24) is 0 Å². The molecule has 0 aliphatic heterocycles. The van der Waals surface area contributed by atoms with Crippen molar-refractivity contribution in [1.29, 1.82) is 0 Å². The molecule has 0 saturated heterocycles. The summed E-state index contributed by atoms with van der Waals surface area (Å²) in [6, 6.07) is 0. The maximum Gasteiger partial charge on any atom is 0.0581 e. The molecule has 0 aromatic rings. The van der Waals surface area contributed by atoms with Crippen LogP contribution in [0.25, 0.3) is 0 Å². The SMILES string of the molecule is C[C@@]12C[C@@H](O)C[C@H]1[C@@H]1CC[C@H]3C[C@@H](O)CC[C@]3(C)[C@H]1[C@@H](O)C2. The Hall–Kier alpha value is -0.120. The van der Waals surface area contributed by atoms with Gasteiger partial charge in [0.2, 0.25) is 0 Å². The van der Waals surface area contributed by atoms with Crippen molar-refractivity contribution in [2.24, 2.45) is 34.5 Å². The Kier molecular flexibility index (Phi) is 3.46. The summed E-state index contributed by atoms with van der Waals surface area (Å²) in [5.41, 5.74) is 0.327. The first-order chi connectivity index (χ1) is 10.3. The smallest absolute Gasteiger partial charge is 0.0581 e. The summed E-state index contributed by atoms with van der Waals surface area (Å²) >= 11 is 0. The minimum Gasteiger partial charge on any atom is -0.393 e. The van der Waals surface area contributed by atoms with Crippen LogP contribution in [0, 0.1) is 34.5 Å². The Labute approximate surface area is 134 Å². The number of hydrogen-bond acceptors (Lipinski definition) is 3. The van der Waals surface area contributed by atoms with Crippen molar-refractivity contribution in [3.63, 3.8) is 0 Å². The summed E-state index contributed by atoms with van der Waals surface area (Å²) in [4.78, 5) is 0. The van der Waals surface area contributed by atoms with E-state index in [9.17, 15) is 15.3 Å². The van der Waals surface area contributed by atoms with Crippen molar-refractivity contribution >= 4 is 0 Å². The zero-order chi connectivity index (χ0) is 15.7. The summed E-state index contributed by atoms with van der Waals surface area (Å²) in [5, 5.41) is 31.3. The van der Waals surface area contributed by atoms with E-state index in [1.807, 2.05) is 0 Å². The molecule has 0 bridgehead atoms. The fourth-order valence-electron chi connectivity index (χ4n) is 7.40. The maximum atomic E-state index is 11.0. The third kappa shape index (κ3) is 2.04. The normalized spacial score (nSPS) is 61.2. The second-order valence-electron chi connectivity index (χ2n) is 9.52. The molecule has 4 aliphatic carbocycles. The lowest BCUT2D eigenvalue weighted by Gasteiger charge is -2.61. The van der Waals surface area contributed by atoms with Crippen molar-refractivity contribution in [2.45, 2.75) is 83.5 Å². The average Bonchev–Trinajstić information content (AvgIpc) is 2.73. The van der Waals surface area contributed by atoms with Gasteiger partial charge in [-0.2, -0.15) is 0 Å². The average molecular weight is 308 g/mol. The summed E-state index contributed by atoms with van der Waals surface area (Å²) in [5.74, 6) is 2.10. The van der Waals surface area contributed by atoms with Gasteiger partial charge in [0.1, 0.15) is 0 Å². The maximum absolute atomic E-state index is 11.0. The van der Waals surface area contributed by atoms with E-state index in [-0.39, 0.29) is 29.1 Å². The highest BCUT2D eigenvalue weighted by atomic mass is 16.3. The lowest BCUT2D eigenvalue weighted by atomic mass is 9.44. The molecule has 0 radical (unpaired) electrons. The Morgan fingerprint density at radius 3 is 2.41 bits per heavy atom. The van der Waals surface area contributed by atoms with Crippen LogP contribution in [-0.2, 0) is 0 Å². The van der Waals surface area contributed by atoms with Gasteiger partial charge in [0.15, 0.2) is 0 Å². The summed E-state index contributed by atoms with van der Waals surface area (Å²) < 4.78 is 0. The minimum atomic E-state index is -0.223. The van der Waals surface area contributed by atoms with Crippen LogP contribution >= 0.6 is 0 Å². The second-order valence-corrected chi connectivity index (χ2v) is 9.52. The first-order valence-corrected chi connectivity index (χ1v) is 9.38. The highest BCUT2D eigenvalue weighted by Gasteiger charge is 2.61. The van der Waals surface area contributed by atoms with Gasteiger partial charge in [-0.05, 0) is 85.9 Å². The Morgan fingerprint density at radius 2 is 1.64 bits per heavy atom. The van der Waals surface area contributed by atoms with Gasteiger partial charge in [0.25, 0.3) is 0 Å². The molecule has 22 heavy (non-hydrogen) atoms. The van der Waals surface area contributed by atoms with E-state index in [0.717, 1.165) is 38.5 Å². The zero-order valence-corrected chi connectivity index (χ0v) is 14.0. The van der Waals surface area contributed by atoms with E-state index in [4.69, 9.17) is 0 Å². The van der Waals surface area contributed by atoms with E-state index in [0.29, 0.717) is 23.7 Å². The van der Waals surface area contributed by atoms with Gasteiger partial charge in [-0.25, -0.2) is 0 Å². The van der Waals surface area contributed by atoms with Gasteiger partial charge in [0, 0.05) is 0 Å². The highest BCUT2D eigenvalue weighted by molar-refractivity contribution is 5.11. The molecule has 9 atom stereocenters. The molecule has 0 aromatic carbocycles. The molecule has 4 aliphatic rings. The number of aliphatic hydroxyl groups excluding tert-OH is 3.